The lowest BCUT2D eigenvalue weighted by atomic mass is 10.0. The Morgan fingerprint density at radius 1 is 1.50 bits per heavy atom. The quantitative estimate of drug-likeness (QED) is 0.658. The van der Waals surface area contributed by atoms with Crippen molar-refractivity contribution in [3.8, 4) is 0 Å². The van der Waals surface area contributed by atoms with Crippen molar-refractivity contribution in [2.45, 2.75) is 32.2 Å². The molecule has 1 aliphatic rings. The smallest absolute Gasteiger partial charge is 0.274 e. The summed E-state index contributed by atoms with van der Waals surface area (Å²) in [4.78, 5) is 12.9. The summed E-state index contributed by atoms with van der Waals surface area (Å²) in [6.45, 7) is 3.29. The zero-order valence-electron chi connectivity index (χ0n) is 10.6. The highest BCUT2D eigenvalue weighted by molar-refractivity contribution is 5.57. The molecule has 1 atom stereocenters. The first kappa shape index (κ1) is 12.8. The third kappa shape index (κ3) is 2.46. The molecule has 1 aromatic carbocycles. The molecular formula is C13H19N3O2. The zero-order chi connectivity index (χ0) is 13.1. The minimum absolute atomic E-state index is 0.189. The van der Waals surface area contributed by atoms with E-state index in [0.29, 0.717) is 18.2 Å². The molecule has 5 nitrogen and oxygen atoms in total. The minimum Gasteiger partial charge on any atom is -0.367 e. The van der Waals surface area contributed by atoms with Crippen LogP contribution < -0.4 is 10.6 Å². The van der Waals surface area contributed by atoms with E-state index in [9.17, 15) is 10.1 Å². The maximum absolute atomic E-state index is 11.0. The molecule has 0 saturated carbocycles. The Labute approximate surface area is 107 Å². The average Bonchev–Trinajstić information content (AvgIpc) is 2.39. The summed E-state index contributed by atoms with van der Waals surface area (Å²) in [5.41, 5.74) is 7.59. The lowest BCUT2D eigenvalue weighted by molar-refractivity contribution is -0.385. The Balaban J connectivity index is 2.32. The van der Waals surface area contributed by atoms with Crippen molar-refractivity contribution in [2.24, 2.45) is 5.73 Å². The molecule has 5 heteroatoms. The van der Waals surface area contributed by atoms with Crippen LogP contribution in [0.3, 0.4) is 0 Å². The Bertz CT molecular complexity index is 448. The SMILES string of the molecule is Cc1ccc(N2CCCCC2CN)cc1[N+](=O)[O-]. The monoisotopic (exact) mass is 249 g/mol. The van der Waals surface area contributed by atoms with E-state index in [4.69, 9.17) is 5.73 Å². The summed E-state index contributed by atoms with van der Waals surface area (Å²) in [6, 6.07) is 5.75. The normalized spacial score (nSPS) is 19.9. The fourth-order valence-corrected chi connectivity index (χ4v) is 2.56. The van der Waals surface area contributed by atoms with Crippen molar-refractivity contribution < 1.29 is 4.92 Å². The van der Waals surface area contributed by atoms with Crippen LogP contribution in [0.4, 0.5) is 11.4 Å². The predicted molar refractivity (Wildman–Crippen MR) is 71.9 cm³/mol. The number of nitrogens with two attached hydrogens (primary N) is 1. The van der Waals surface area contributed by atoms with Gasteiger partial charge in [-0.15, -0.1) is 0 Å². The van der Waals surface area contributed by atoms with Crippen LogP contribution in [0.5, 0.6) is 0 Å². The molecule has 1 aromatic rings. The van der Waals surface area contributed by atoms with Crippen LogP contribution in [0.1, 0.15) is 24.8 Å². The van der Waals surface area contributed by atoms with Crippen molar-refractivity contribution in [2.75, 3.05) is 18.0 Å². The molecule has 0 amide bonds. The Hall–Kier alpha value is -1.62. The number of nitrogens with zero attached hydrogens (tertiary/aromatic N) is 2. The lowest BCUT2D eigenvalue weighted by Crippen LogP contribution is -2.44. The highest BCUT2D eigenvalue weighted by Crippen LogP contribution is 2.29. The van der Waals surface area contributed by atoms with Crippen molar-refractivity contribution in [1.82, 2.24) is 0 Å². The van der Waals surface area contributed by atoms with Gasteiger partial charge in [-0.3, -0.25) is 10.1 Å². The van der Waals surface area contributed by atoms with Crippen molar-refractivity contribution in [1.29, 1.82) is 0 Å². The highest BCUT2D eigenvalue weighted by Gasteiger charge is 2.23. The number of nitro groups is 1. The molecule has 1 aliphatic heterocycles. The predicted octanol–water partition coefficient (Wildman–Crippen LogP) is 2.22. The van der Waals surface area contributed by atoms with E-state index < -0.39 is 0 Å². The van der Waals surface area contributed by atoms with Crippen LogP contribution in [-0.2, 0) is 0 Å². The first-order valence-corrected chi connectivity index (χ1v) is 6.35. The topological polar surface area (TPSA) is 72.4 Å². The third-order valence-electron chi connectivity index (χ3n) is 3.62. The average molecular weight is 249 g/mol. The molecule has 0 radical (unpaired) electrons. The molecule has 0 spiro atoms. The van der Waals surface area contributed by atoms with Gasteiger partial charge in [-0.25, -0.2) is 0 Å². The van der Waals surface area contributed by atoms with Gasteiger partial charge in [0.2, 0.25) is 0 Å². The molecule has 2 N–H and O–H groups in total. The number of aryl methyl sites for hydroxylation is 1. The molecule has 0 aliphatic carbocycles. The van der Waals surface area contributed by atoms with Gasteiger partial charge in [0.25, 0.3) is 5.69 Å². The molecular weight excluding hydrogens is 230 g/mol. The number of nitro benzene ring substituents is 1. The van der Waals surface area contributed by atoms with E-state index in [2.05, 4.69) is 4.90 Å². The van der Waals surface area contributed by atoms with Crippen LogP contribution in [0.2, 0.25) is 0 Å². The van der Waals surface area contributed by atoms with Crippen LogP contribution in [-0.4, -0.2) is 24.1 Å². The number of hydrogen-bond acceptors (Lipinski definition) is 4. The van der Waals surface area contributed by atoms with Gasteiger partial charge in [-0.2, -0.15) is 0 Å². The molecule has 18 heavy (non-hydrogen) atoms. The first-order chi connectivity index (χ1) is 8.63. The second-order valence-corrected chi connectivity index (χ2v) is 4.81. The second-order valence-electron chi connectivity index (χ2n) is 4.81. The molecule has 1 unspecified atom stereocenters. The summed E-state index contributed by atoms with van der Waals surface area (Å²) < 4.78 is 0. The van der Waals surface area contributed by atoms with Crippen LogP contribution in [0.15, 0.2) is 18.2 Å². The highest BCUT2D eigenvalue weighted by atomic mass is 16.6. The van der Waals surface area contributed by atoms with Gasteiger partial charge in [0.05, 0.1) is 4.92 Å². The van der Waals surface area contributed by atoms with Gasteiger partial charge in [0.15, 0.2) is 0 Å². The first-order valence-electron chi connectivity index (χ1n) is 6.35. The van der Waals surface area contributed by atoms with E-state index in [0.717, 1.165) is 25.1 Å². The number of anilines is 1. The number of piperidine rings is 1. The van der Waals surface area contributed by atoms with Crippen molar-refractivity contribution >= 4 is 11.4 Å². The summed E-state index contributed by atoms with van der Waals surface area (Å²) >= 11 is 0. The largest absolute Gasteiger partial charge is 0.367 e. The maximum Gasteiger partial charge on any atom is 0.274 e. The molecule has 1 fully saturated rings. The van der Waals surface area contributed by atoms with Gasteiger partial charge in [-0.1, -0.05) is 6.07 Å². The van der Waals surface area contributed by atoms with Gasteiger partial charge in [0, 0.05) is 36.4 Å². The van der Waals surface area contributed by atoms with E-state index in [1.165, 1.54) is 6.42 Å². The fourth-order valence-electron chi connectivity index (χ4n) is 2.56. The molecule has 1 heterocycles. The minimum atomic E-state index is -0.319. The summed E-state index contributed by atoms with van der Waals surface area (Å²) in [5, 5.41) is 11.0. The number of benzene rings is 1. The Kier molecular flexibility index (Phi) is 3.81. The Morgan fingerprint density at radius 3 is 2.94 bits per heavy atom. The summed E-state index contributed by atoms with van der Waals surface area (Å²) in [6.07, 6.45) is 3.38. The number of hydrogen-bond donors (Lipinski definition) is 1. The van der Waals surface area contributed by atoms with Crippen molar-refractivity contribution in [3.05, 3.63) is 33.9 Å². The van der Waals surface area contributed by atoms with E-state index >= 15 is 0 Å². The summed E-state index contributed by atoms with van der Waals surface area (Å²) in [7, 11) is 0. The zero-order valence-corrected chi connectivity index (χ0v) is 10.6. The lowest BCUT2D eigenvalue weighted by Gasteiger charge is -2.36. The molecule has 2 rings (SSSR count). The Morgan fingerprint density at radius 2 is 2.28 bits per heavy atom. The van der Waals surface area contributed by atoms with E-state index in [1.54, 1.807) is 13.0 Å². The molecule has 0 bridgehead atoms. The molecule has 0 aromatic heterocycles. The third-order valence-corrected chi connectivity index (χ3v) is 3.62. The van der Waals surface area contributed by atoms with Gasteiger partial charge in [0.1, 0.15) is 0 Å². The van der Waals surface area contributed by atoms with Crippen LogP contribution in [0, 0.1) is 17.0 Å². The van der Waals surface area contributed by atoms with Crippen LogP contribution >= 0.6 is 0 Å². The van der Waals surface area contributed by atoms with Gasteiger partial charge < -0.3 is 10.6 Å². The second kappa shape index (κ2) is 5.35. The van der Waals surface area contributed by atoms with E-state index in [-0.39, 0.29) is 10.6 Å². The molecule has 1 saturated heterocycles. The fraction of sp³-hybridized carbons (Fsp3) is 0.538. The standard InChI is InChI=1S/C13H19N3O2/c1-10-5-6-11(8-13(10)16(17)18)15-7-3-2-4-12(15)9-14/h5-6,8,12H,2-4,7,9,14H2,1H3. The van der Waals surface area contributed by atoms with E-state index in [1.807, 2.05) is 12.1 Å². The molecule has 98 valence electrons. The van der Waals surface area contributed by atoms with Crippen LogP contribution in [0.25, 0.3) is 0 Å². The van der Waals surface area contributed by atoms with Crippen molar-refractivity contribution in [3.63, 3.8) is 0 Å². The number of rotatable bonds is 3. The summed E-state index contributed by atoms with van der Waals surface area (Å²) in [5.74, 6) is 0. The van der Waals surface area contributed by atoms with Gasteiger partial charge >= 0.3 is 0 Å². The maximum atomic E-state index is 11.0. The van der Waals surface area contributed by atoms with Gasteiger partial charge in [-0.05, 0) is 32.3 Å².